The van der Waals surface area contributed by atoms with Gasteiger partial charge in [0.1, 0.15) is 5.60 Å². The molecule has 0 radical (unpaired) electrons. The second-order valence-corrected chi connectivity index (χ2v) is 7.91. The molecule has 0 aromatic rings. The van der Waals surface area contributed by atoms with Crippen LogP contribution in [0.1, 0.15) is 53.9 Å². The van der Waals surface area contributed by atoms with E-state index in [1.165, 1.54) is 0 Å². The molecule has 1 N–H and O–H groups in total. The smallest absolute Gasteiger partial charge is 0.410 e. The lowest BCUT2D eigenvalue weighted by Crippen LogP contribution is -2.43. The van der Waals surface area contributed by atoms with Gasteiger partial charge in [-0.25, -0.2) is 4.79 Å². The Bertz CT molecular complexity index is 332. The van der Waals surface area contributed by atoms with Crippen LogP contribution in [-0.4, -0.2) is 56.0 Å². The summed E-state index contributed by atoms with van der Waals surface area (Å²) in [6, 6.07) is 0. The Morgan fingerprint density at radius 3 is 2.43 bits per heavy atom. The van der Waals surface area contributed by atoms with E-state index in [0.717, 1.165) is 58.7 Å². The number of likely N-dealkylation sites (tertiary alicyclic amines) is 1. The molecule has 1 heterocycles. The minimum Gasteiger partial charge on any atom is -0.444 e. The van der Waals surface area contributed by atoms with Crippen LogP contribution in [0.5, 0.6) is 0 Å². The number of piperidine rings is 1. The minimum atomic E-state index is -0.412. The lowest BCUT2D eigenvalue weighted by Gasteiger charge is -2.33. The maximum atomic E-state index is 12.0. The summed E-state index contributed by atoms with van der Waals surface area (Å²) in [6.45, 7) is 15.3. The van der Waals surface area contributed by atoms with E-state index in [9.17, 15) is 4.79 Å². The Hall–Kier alpha value is -0.810. The number of carbonyl (C=O) groups is 1. The van der Waals surface area contributed by atoms with Crippen LogP contribution in [-0.2, 0) is 9.47 Å². The molecule has 5 nitrogen and oxygen atoms in total. The molecule has 1 fully saturated rings. The van der Waals surface area contributed by atoms with Gasteiger partial charge in [0.25, 0.3) is 0 Å². The zero-order chi connectivity index (χ0) is 17.3. The number of ether oxygens (including phenoxy) is 2. The second kappa shape index (κ2) is 10.1. The van der Waals surface area contributed by atoms with Crippen LogP contribution >= 0.6 is 0 Å². The fourth-order valence-electron chi connectivity index (χ4n) is 2.52. The summed E-state index contributed by atoms with van der Waals surface area (Å²) in [5.41, 5.74) is -0.412. The van der Waals surface area contributed by atoms with Gasteiger partial charge in [-0.2, -0.15) is 0 Å². The first-order valence-corrected chi connectivity index (χ1v) is 9.04. The Labute approximate surface area is 142 Å². The van der Waals surface area contributed by atoms with Gasteiger partial charge in [-0.1, -0.05) is 13.8 Å². The molecular formula is C18H36N2O3. The van der Waals surface area contributed by atoms with E-state index in [1.54, 1.807) is 0 Å². The third kappa shape index (κ3) is 9.82. The molecule has 1 saturated heterocycles. The molecule has 0 spiro atoms. The van der Waals surface area contributed by atoms with Crippen LogP contribution in [0.25, 0.3) is 0 Å². The molecule has 5 heteroatoms. The number of nitrogens with one attached hydrogen (secondary N) is 1. The van der Waals surface area contributed by atoms with Crippen molar-refractivity contribution < 1.29 is 14.3 Å². The molecule has 0 atom stereocenters. The average Bonchev–Trinajstić information content (AvgIpc) is 2.44. The van der Waals surface area contributed by atoms with E-state index in [0.29, 0.717) is 11.8 Å². The van der Waals surface area contributed by atoms with Crippen molar-refractivity contribution in [3.05, 3.63) is 0 Å². The van der Waals surface area contributed by atoms with Crippen LogP contribution in [0, 0.1) is 11.8 Å². The Balaban J connectivity index is 2.05. The topological polar surface area (TPSA) is 50.8 Å². The van der Waals surface area contributed by atoms with E-state index in [-0.39, 0.29) is 6.09 Å². The Morgan fingerprint density at radius 1 is 1.22 bits per heavy atom. The first-order valence-electron chi connectivity index (χ1n) is 9.04. The van der Waals surface area contributed by atoms with Gasteiger partial charge < -0.3 is 19.7 Å². The molecule has 1 amide bonds. The van der Waals surface area contributed by atoms with Crippen LogP contribution in [0.4, 0.5) is 4.79 Å². The monoisotopic (exact) mass is 328 g/mol. The van der Waals surface area contributed by atoms with Gasteiger partial charge in [0, 0.05) is 26.2 Å². The number of carbonyl (C=O) groups excluding carboxylic acids is 1. The van der Waals surface area contributed by atoms with Gasteiger partial charge >= 0.3 is 6.09 Å². The first-order chi connectivity index (χ1) is 10.8. The van der Waals surface area contributed by atoms with Gasteiger partial charge in [0.2, 0.25) is 0 Å². The molecule has 1 aliphatic rings. The normalized spacial score (nSPS) is 16.9. The van der Waals surface area contributed by atoms with E-state index in [1.807, 2.05) is 25.7 Å². The maximum absolute atomic E-state index is 12.0. The zero-order valence-electron chi connectivity index (χ0n) is 15.7. The van der Waals surface area contributed by atoms with Crippen molar-refractivity contribution in [2.75, 3.05) is 39.4 Å². The highest BCUT2D eigenvalue weighted by Gasteiger charge is 2.26. The van der Waals surface area contributed by atoms with Crippen molar-refractivity contribution in [2.24, 2.45) is 11.8 Å². The molecule has 1 aliphatic heterocycles. The summed E-state index contributed by atoms with van der Waals surface area (Å²) in [5, 5.41) is 3.47. The fraction of sp³-hybridized carbons (Fsp3) is 0.944. The highest BCUT2D eigenvalue weighted by Crippen LogP contribution is 2.19. The summed E-state index contributed by atoms with van der Waals surface area (Å²) < 4.78 is 11.0. The molecule has 0 aromatic heterocycles. The molecule has 0 bridgehead atoms. The lowest BCUT2D eigenvalue weighted by molar-refractivity contribution is 0.0183. The van der Waals surface area contributed by atoms with Gasteiger partial charge in [-0.15, -0.1) is 0 Å². The van der Waals surface area contributed by atoms with Crippen molar-refractivity contribution in [2.45, 2.75) is 59.5 Å². The predicted molar refractivity (Wildman–Crippen MR) is 93.7 cm³/mol. The number of nitrogens with zero attached hydrogens (tertiary/aromatic N) is 1. The quantitative estimate of drug-likeness (QED) is 0.695. The lowest BCUT2D eigenvalue weighted by atomic mass is 9.97. The minimum absolute atomic E-state index is 0.178. The standard InChI is InChI=1S/C18H36N2O3/c1-15(2)8-12-22-13-9-19-14-16-6-10-20(11-7-16)17(21)23-18(3,4)5/h15-16,19H,6-14H2,1-5H3. The Morgan fingerprint density at radius 2 is 1.87 bits per heavy atom. The van der Waals surface area contributed by atoms with Crippen molar-refractivity contribution in [3.63, 3.8) is 0 Å². The molecule has 1 rings (SSSR count). The van der Waals surface area contributed by atoms with Crippen molar-refractivity contribution >= 4 is 6.09 Å². The third-order valence-electron chi connectivity index (χ3n) is 3.96. The molecule has 136 valence electrons. The second-order valence-electron chi connectivity index (χ2n) is 7.91. The van der Waals surface area contributed by atoms with Gasteiger partial charge in [0.05, 0.1) is 6.61 Å². The Kier molecular flexibility index (Phi) is 8.92. The molecule has 23 heavy (non-hydrogen) atoms. The highest BCUT2D eigenvalue weighted by molar-refractivity contribution is 5.68. The van der Waals surface area contributed by atoms with Crippen LogP contribution in [0.2, 0.25) is 0 Å². The summed E-state index contributed by atoms with van der Waals surface area (Å²) in [4.78, 5) is 13.8. The molecule has 0 aliphatic carbocycles. The molecule has 0 saturated carbocycles. The summed E-state index contributed by atoms with van der Waals surface area (Å²) in [7, 11) is 0. The van der Waals surface area contributed by atoms with Gasteiger partial charge in [-0.3, -0.25) is 0 Å². The molecule has 0 unspecified atom stereocenters. The fourth-order valence-corrected chi connectivity index (χ4v) is 2.52. The molecular weight excluding hydrogens is 292 g/mol. The number of hydrogen-bond acceptors (Lipinski definition) is 4. The van der Waals surface area contributed by atoms with Crippen LogP contribution < -0.4 is 5.32 Å². The van der Waals surface area contributed by atoms with Crippen LogP contribution in [0.15, 0.2) is 0 Å². The van der Waals surface area contributed by atoms with E-state index in [2.05, 4.69) is 19.2 Å². The third-order valence-corrected chi connectivity index (χ3v) is 3.96. The SMILES string of the molecule is CC(C)CCOCCNCC1CCN(C(=O)OC(C)(C)C)CC1. The van der Waals surface area contributed by atoms with Crippen molar-refractivity contribution in [1.82, 2.24) is 10.2 Å². The van der Waals surface area contributed by atoms with E-state index in [4.69, 9.17) is 9.47 Å². The zero-order valence-corrected chi connectivity index (χ0v) is 15.7. The average molecular weight is 328 g/mol. The number of amides is 1. The van der Waals surface area contributed by atoms with Gasteiger partial charge in [0.15, 0.2) is 0 Å². The van der Waals surface area contributed by atoms with Crippen LogP contribution in [0.3, 0.4) is 0 Å². The highest BCUT2D eigenvalue weighted by atomic mass is 16.6. The predicted octanol–water partition coefficient (Wildman–Crippen LogP) is 3.29. The van der Waals surface area contributed by atoms with Gasteiger partial charge in [-0.05, 0) is 58.4 Å². The molecule has 0 aromatic carbocycles. The van der Waals surface area contributed by atoms with Crippen molar-refractivity contribution in [3.8, 4) is 0 Å². The van der Waals surface area contributed by atoms with Crippen molar-refractivity contribution in [1.29, 1.82) is 0 Å². The maximum Gasteiger partial charge on any atom is 0.410 e. The number of rotatable bonds is 8. The first kappa shape index (κ1) is 20.2. The van der Waals surface area contributed by atoms with E-state index < -0.39 is 5.60 Å². The summed E-state index contributed by atoms with van der Waals surface area (Å²) in [5.74, 6) is 1.35. The summed E-state index contributed by atoms with van der Waals surface area (Å²) in [6.07, 6.45) is 3.03. The summed E-state index contributed by atoms with van der Waals surface area (Å²) >= 11 is 0. The van der Waals surface area contributed by atoms with E-state index >= 15 is 0 Å². The number of hydrogen-bond donors (Lipinski definition) is 1. The largest absolute Gasteiger partial charge is 0.444 e.